The quantitative estimate of drug-likeness (QED) is 0.742. The van der Waals surface area contributed by atoms with Crippen molar-refractivity contribution in [3.8, 4) is 6.07 Å². The Labute approximate surface area is 77.2 Å². The lowest BCUT2D eigenvalue weighted by Gasteiger charge is -1.91. The molecule has 2 heterocycles. The molecule has 0 aromatic carbocycles. The van der Waals surface area contributed by atoms with E-state index in [0.29, 0.717) is 5.69 Å². The molecule has 2 rings (SSSR count). The van der Waals surface area contributed by atoms with Crippen LogP contribution in [0.5, 0.6) is 0 Å². The lowest BCUT2D eigenvalue weighted by molar-refractivity contribution is 1.29. The van der Waals surface area contributed by atoms with E-state index in [9.17, 15) is 0 Å². The summed E-state index contributed by atoms with van der Waals surface area (Å²) in [5.74, 6) is 0. The Morgan fingerprint density at radius 1 is 1.58 bits per heavy atom. The fraction of sp³-hybridized carbons (Fsp3) is 0. The zero-order chi connectivity index (χ0) is 8.55. The summed E-state index contributed by atoms with van der Waals surface area (Å²) < 4.78 is 0.877. The molecule has 0 spiro atoms. The molecule has 0 radical (unpaired) electrons. The van der Waals surface area contributed by atoms with Gasteiger partial charge in [-0.25, -0.2) is 4.98 Å². The highest BCUT2D eigenvalue weighted by Gasteiger charge is 2.05. The summed E-state index contributed by atoms with van der Waals surface area (Å²) in [5, 5.41) is 9.58. The molecule has 0 aliphatic rings. The number of nitrogens with one attached hydrogen (secondary N) is 1. The summed E-state index contributed by atoms with van der Waals surface area (Å²) >= 11 is 3.34. The van der Waals surface area contributed by atoms with Crippen molar-refractivity contribution in [2.45, 2.75) is 0 Å². The van der Waals surface area contributed by atoms with Crippen LogP contribution in [0.1, 0.15) is 5.69 Å². The lowest BCUT2D eigenvalue weighted by Crippen LogP contribution is -1.81. The van der Waals surface area contributed by atoms with E-state index in [0.717, 1.165) is 15.4 Å². The maximum Gasteiger partial charge on any atom is 0.150 e. The van der Waals surface area contributed by atoms with Gasteiger partial charge in [-0.05, 0) is 22.0 Å². The number of hydrogen-bond acceptors (Lipinski definition) is 2. The van der Waals surface area contributed by atoms with Gasteiger partial charge in [-0.3, -0.25) is 0 Å². The first-order valence-electron chi connectivity index (χ1n) is 3.34. The van der Waals surface area contributed by atoms with E-state index >= 15 is 0 Å². The number of aromatic nitrogens is 2. The predicted molar refractivity (Wildman–Crippen MR) is 48.5 cm³/mol. The van der Waals surface area contributed by atoms with E-state index in [1.54, 1.807) is 12.4 Å². The SMILES string of the molecule is N#Cc1nccc2[nH]cc(Br)c12. The maximum absolute atomic E-state index is 8.73. The first-order valence-corrected chi connectivity index (χ1v) is 4.14. The average molecular weight is 222 g/mol. The molecule has 58 valence electrons. The minimum absolute atomic E-state index is 0.445. The van der Waals surface area contributed by atoms with Gasteiger partial charge in [0.2, 0.25) is 0 Å². The van der Waals surface area contributed by atoms with Crippen molar-refractivity contribution >= 4 is 26.8 Å². The van der Waals surface area contributed by atoms with Gasteiger partial charge in [-0.1, -0.05) is 0 Å². The van der Waals surface area contributed by atoms with Crippen LogP contribution < -0.4 is 0 Å². The van der Waals surface area contributed by atoms with Crippen LogP contribution in [0.3, 0.4) is 0 Å². The molecule has 2 aromatic rings. The summed E-state index contributed by atoms with van der Waals surface area (Å²) in [5.41, 5.74) is 1.37. The zero-order valence-electron chi connectivity index (χ0n) is 6.00. The molecular formula is C8H4BrN3. The Hall–Kier alpha value is -1.34. The molecule has 0 saturated heterocycles. The molecule has 0 atom stereocenters. The van der Waals surface area contributed by atoms with Gasteiger partial charge in [0.05, 0.1) is 10.9 Å². The Morgan fingerprint density at radius 3 is 3.17 bits per heavy atom. The number of halogens is 1. The average Bonchev–Trinajstić information content (AvgIpc) is 2.48. The van der Waals surface area contributed by atoms with Crippen LogP contribution in [0.2, 0.25) is 0 Å². The third-order valence-corrected chi connectivity index (χ3v) is 2.28. The lowest BCUT2D eigenvalue weighted by atomic mass is 10.2. The Balaban J connectivity index is 2.96. The normalized spacial score (nSPS) is 10.0. The first-order chi connectivity index (χ1) is 5.83. The smallest absolute Gasteiger partial charge is 0.150 e. The van der Waals surface area contributed by atoms with Crippen molar-refractivity contribution < 1.29 is 0 Å². The molecule has 0 bridgehead atoms. The van der Waals surface area contributed by atoms with E-state index in [4.69, 9.17) is 5.26 Å². The van der Waals surface area contributed by atoms with Crippen molar-refractivity contribution in [2.24, 2.45) is 0 Å². The Bertz CT molecular complexity index is 467. The highest BCUT2D eigenvalue weighted by molar-refractivity contribution is 9.10. The topological polar surface area (TPSA) is 52.5 Å². The van der Waals surface area contributed by atoms with Crippen LogP contribution in [-0.2, 0) is 0 Å². The molecule has 0 aliphatic heterocycles. The second-order valence-electron chi connectivity index (χ2n) is 2.33. The minimum Gasteiger partial charge on any atom is -0.360 e. The molecule has 0 amide bonds. The van der Waals surface area contributed by atoms with E-state index < -0.39 is 0 Å². The van der Waals surface area contributed by atoms with Crippen molar-refractivity contribution in [3.05, 3.63) is 28.6 Å². The molecule has 2 aromatic heterocycles. The van der Waals surface area contributed by atoms with Crippen LogP contribution in [0.25, 0.3) is 10.9 Å². The zero-order valence-corrected chi connectivity index (χ0v) is 7.59. The Kier molecular flexibility index (Phi) is 1.59. The molecule has 12 heavy (non-hydrogen) atoms. The number of pyridine rings is 1. The summed E-state index contributed by atoms with van der Waals surface area (Å²) in [4.78, 5) is 6.97. The summed E-state index contributed by atoms with van der Waals surface area (Å²) in [6, 6.07) is 3.87. The molecule has 1 N–H and O–H groups in total. The number of hydrogen-bond donors (Lipinski definition) is 1. The number of rotatable bonds is 0. The monoisotopic (exact) mass is 221 g/mol. The summed E-state index contributed by atoms with van der Waals surface area (Å²) in [6.45, 7) is 0. The molecule has 0 aliphatic carbocycles. The number of nitrogens with zero attached hydrogens (tertiary/aromatic N) is 2. The Morgan fingerprint density at radius 2 is 2.42 bits per heavy atom. The molecule has 0 saturated carbocycles. The van der Waals surface area contributed by atoms with Crippen LogP contribution in [0.4, 0.5) is 0 Å². The van der Waals surface area contributed by atoms with E-state index in [2.05, 4.69) is 25.9 Å². The molecule has 3 nitrogen and oxygen atoms in total. The number of H-pyrrole nitrogens is 1. The van der Waals surface area contributed by atoms with E-state index in [1.807, 2.05) is 12.1 Å². The van der Waals surface area contributed by atoms with Gasteiger partial charge in [0.1, 0.15) is 6.07 Å². The molecule has 0 unspecified atom stereocenters. The standard InChI is InChI=1S/C8H4BrN3/c9-5-4-12-6-1-2-11-7(3-10)8(5)6/h1-2,4,12H. The fourth-order valence-electron chi connectivity index (χ4n) is 1.12. The second kappa shape index (κ2) is 2.61. The van der Waals surface area contributed by atoms with Gasteiger partial charge < -0.3 is 4.98 Å². The van der Waals surface area contributed by atoms with Crippen molar-refractivity contribution in [1.29, 1.82) is 5.26 Å². The van der Waals surface area contributed by atoms with Crippen molar-refractivity contribution in [3.63, 3.8) is 0 Å². The van der Waals surface area contributed by atoms with Crippen LogP contribution in [0, 0.1) is 11.3 Å². The third-order valence-electron chi connectivity index (χ3n) is 1.65. The van der Waals surface area contributed by atoms with Gasteiger partial charge >= 0.3 is 0 Å². The van der Waals surface area contributed by atoms with Gasteiger partial charge in [-0.15, -0.1) is 0 Å². The van der Waals surface area contributed by atoms with E-state index in [1.165, 1.54) is 0 Å². The summed E-state index contributed by atoms with van der Waals surface area (Å²) in [7, 11) is 0. The summed E-state index contributed by atoms with van der Waals surface area (Å²) in [6.07, 6.45) is 3.41. The number of aromatic amines is 1. The van der Waals surface area contributed by atoms with Gasteiger partial charge in [0.25, 0.3) is 0 Å². The van der Waals surface area contributed by atoms with Gasteiger partial charge in [0, 0.05) is 16.9 Å². The second-order valence-corrected chi connectivity index (χ2v) is 3.18. The first kappa shape index (κ1) is 7.32. The minimum atomic E-state index is 0.445. The largest absolute Gasteiger partial charge is 0.360 e. The maximum atomic E-state index is 8.73. The van der Waals surface area contributed by atoms with Crippen molar-refractivity contribution in [1.82, 2.24) is 9.97 Å². The van der Waals surface area contributed by atoms with Gasteiger partial charge in [0.15, 0.2) is 5.69 Å². The predicted octanol–water partition coefficient (Wildman–Crippen LogP) is 2.20. The molecule has 4 heteroatoms. The highest BCUT2D eigenvalue weighted by Crippen LogP contribution is 2.24. The van der Waals surface area contributed by atoms with Crippen molar-refractivity contribution in [2.75, 3.05) is 0 Å². The number of nitriles is 1. The molecular weight excluding hydrogens is 218 g/mol. The van der Waals surface area contributed by atoms with Gasteiger partial charge in [-0.2, -0.15) is 5.26 Å². The van der Waals surface area contributed by atoms with Crippen LogP contribution >= 0.6 is 15.9 Å². The highest BCUT2D eigenvalue weighted by atomic mass is 79.9. The molecule has 0 fully saturated rings. The van der Waals surface area contributed by atoms with Crippen LogP contribution in [-0.4, -0.2) is 9.97 Å². The third kappa shape index (κ3) is 0.908. The van der Waals surface area contributed by atoms with E-state index in [-0.39, 0.29) is 0 Å². The fourth-order valence-corrected chi connectivity index (χ4v) is 1.64. The number of fused-ring (bicyclic) bond motifs is 1. The van der Waals surface area contributed by atoms with Crippen LogP contribution in [0.15, 0.2) is 22.9 Å².